The van der Waals surface area contributed by atoms with Gasteiger partial charge in [-0.2, -0.15) is 0 Å². The van der Waals surface area contributed by atoms with Crippen molar-refractivity contribution in [2.75, 3.05) is 25.8 Å². The summed E-state index contributed by atoms with van der Waals surface area (Å²) in [6.07, 6.45) is -1.72. The van der Waals surface area contributed by atoms with E-state index in [1.165, 1.54) is 24.3 Å². The summed E-state index contributed by atoms with van der Waals surface area (Å²) < 4.78 is 23.7. The van der Waals surface area contributed by atoms with Gasteiger partial charge in [0.1, 0.15) is 24.1 Å². The molecule has 0 spiro atoms. The first-order valence-electron chi connectivity index (χ1n) is 10.2. The van der Waals surface area contributed by atoms with Crippen LogP contribution in [0.1, 0.15) is 18.6 Å². The molecule has 36 heavy (non-hydrogen) atoms. The van der Waals surface area contributed by atoms with Crippen LogP contribution >= 0.6 is 15.2 Å². The van der Waals surface area contributed by atoms with E-state index in [0.29, 0.717) is 0 Å². The van der Waals surface area contributed by atoms with Gasteiger partial charge in [0.05, 0.1) is 25.3 Å². The van der Waals surface area contributed by atoms with Gasteiger partial charge in [0.15, 0.2) is 0 Å². The van der Waals surface area contributed by atoms with E-state index < -0.39 is 53.1 Å². The normalized spacial score (nSPS) is 13.7. The van der Waals surface area contributed by atoms with E-state index in [0.717, 1.165) is 9.80 Å². The third-order valence-corrected chi connectivity index (χ3v) is 6.68. The number of phenolic OH excluding ortho intramolecular Hbond substituents is 2. The second-order valence-corrected chi connectivity index (χ2v) is 11.1. The van der Waals surface area contributed by atoms with Crippen LogP contribution in [0.25, 0.3) is 0 Å². The van der Waals surface area contributed by atoms with Crippen LogP contribution in [0.5, 0.6) is 11.5 Å². The van der Waals surface area contributed by atoms with Crippen molar-refractivity contribution in [3.05, 3.63) is 59.7 Å². The van der Waals surface area contributed by atoms with Crippen LogP contribution in [0.3, 0.4) is 0 Å². The molecule has 0 radical (unpaired) electrons. The number of rotatable bonds is 13. The van der Waals surface area contributed by atoms with Crippen LogP contribution in [0.15, 0.2) is 48.5 Å². The van der Waals surface area contributed by atoms with Gasteiger partial charge in [-0.25, -0.2) is 0 Å². The van der Waals surface area contributed by atoms with Crippen LogP contribution in [0, 0.1) is 0 Å². The molecule has 2 aromatic rings. The van der Waals surface area contributed by atoms with Gasteiger partial charge < -0.3 is 40.0 Å². The molecule has 0 amide bonds. The number of hydrogen-bond acceptors (Lipinski definition) is 8. The molecule has 0 saturated heterocycles. The Hall–Kier alpha value is -1.30. The fraction of sp³-hybridized carbons (Fsp3) is 0.429. The number of phenols is 2. The van der Waals surface area contributed by atoms with Crippen molar-refractivity contribution in [3.8, 4) is 11.5 Å². The van der Waals surface area contributed by atoms with E-state index in [9.17, 15) is 49.1 Å². The summed E-state index contributed by atoms with van der Waals surface area (Å²) >= 11 is 0. The standard InChI is InChI=1S/C20H30N2O10P2.CH4.Fe/c23-11-17(21(13-33(27,28)29)9-15-5-1-3-7-19(15)25)18(12-24)22(14-34(30,31)32)10-16-6-2-4-8-20(16)26;;/h1-8,17-18,23-26H,9-14H2,(H2,27,28,29)(H2,30,31,32);1H4;/q;;+2/t17-,18?;;/m1../s1. The quantitative estimate of drug-likeness (QED) is 0.121. The maximum Gasteiger partial charge on any atom is 2.00 e. The molecule has 0 saturated carbocycles. The topological polar surface area (TPSA) is 202 Å². The summed E-state index contributed by atoms with van der Waals surface area (Å²) in [5.74, 6) is -0.312. The van der Waals surface area contributed by atoms with Crippen molar-refractivity contribution in [1.29, 1.82) is 0 Å². The summed E-state index contributed by atoms with van der Waals surface area (Å²) in [5.41, 5.74) is 0.571. The van der Waals surface area contributed by atoms with E-state index in [4.69, 9.17) is 0 Å². The predicted octanol–water partition coefficient (Wildman–Crippen LogP) is 1.03. The second-order valence-electron chi connectivity index (χ2n) is 7.86. The molecule has 2 rings (SSSR count). The molecule has 12 nitrogen and oxygen atoms in total. The molecular formula is C21H34FeN2O10P2+2. The van der Waals surface area contributed by atoms with Crippen LogP contribution < -0.4 is 0 Å². The first-order chi connectivity index (χ1) is 15.8. The van der Waals surface area contributed by atoms with Gasteiger partial charge >= 0.3 is 32.3 Å². The average molecular weight is 592 g/mol. The Morgan fingerprint density at radius 1 is 0.667 bits per heavy atom. The van der Waals surface area contributed by atoms with Gasteiger partial charge in [0.2, 0.25) is 0 Å². The van der Waals surface area contributed by atoms with Crippen molar-refractivity contribution in [3.63, 3.8) is 0 Å². The first kappa shape index (κ1) is 34.7. The SMILES string of the molecule is C.O=P(O)(O)CN(Cc1ccccc1O)C(CO)[C@@H](CO)N(Cc1ccccc1O)CP(=O)(O)O.[Fe+2]. The van der Waals surface area contributed by atoms with Crippen molar-refractivity contribution < 1.29 is 66.2 Å². The van der Waals surface area contributed by atoms with E-state index in [2.05, 4.69) is 0 Å². The Balaban J connectivity index is 0.00000612. The van der Waals surface area contributed by atoms with Gasteiger partial charge in [0.25, 0.3) is 0 Å². The van der Waals surface area contributed by atoms with Gasteiger partial charge in [-0.3, -0.25) is 18.9 Å². The van der Waals surface area contributed by atoms with Gasteiger partial charge in [-0.1, -0.05) is 43.8 Å². The fourth-order valence-electron chi connectivity index (χ4n) is 3.71. The molecule has 1 unspecified atom stereocenters. The number of nitrogens with zero attached hydrogens (tertiary/aromatic N) is 2. The van der Waals surface area contributed by atoms with Crippen molar-refractivity contribution in [1.82, 2.24) is 9.80 Å². The smallest absolute Gasteiger partial charge is 0.508 e. The van der Waals surface area contributed by atoms with Crippen molar-refractivity contribution in [2.24, 2.45) is 0 Å². The Labute approximate surface area is 220 Å². The van der Waals surface area contributed by atoms with E-state index in [1.807, 2.05) is 0 Å². The molecule has 0 bridgehead atoms. The van der Waals surface area contributed by atoms with Crippen molar-refractivity contribution in [2.45, 2.75) is 32.6 Å². The molecule has 0 aliphatic heterocycles. The van der Waals surface area contributed by atoms with Gasteiger partial charge in [-0.05, 0) is 12.1 Å². The zero-order valence-electron chi connectivity index (χ0n) is 18.6. The molecule has 0 fully saturated rings. The first-order valence-corrected chi connectivity index (χ1v) is 13.8. The molecule has 2 atom stereocenters. The number of hydrogen-bond donors (Lipinski definition) is 8. The number of aliphatic hydroxyl groups is 2. The molecule has 2 aromatic carbocycles. The summed E-state index contributed by atoms with van der Waals surface area (Å²) in [5, 5.41) is 40.6. The minimum absolute atomic E-state index is 0. The number of benzene rings is 2. The predicted molar refractivity (Wildman–Crippen MR) is 130 cm³/mol. The van der Waals surface area contributed by atoms with E-state index in [1.54, 1.807) is 24.3 Å². The monoisotopic (exact) mass is 592 g/mol. The average Bonchev–Trinajstić information content (AvgIpc) is 2.72. The minimum atomic E-state index is -4.70. The zero-order valence-corrected chi connectivity index (χ0v) is 21.4. The summed E-state index contributed by atoms with van der Waals surface area (Å²) in [6.45, 7) is -1.95. The van der Waals surface area contributed by atoms with Gasteiger partial charge in [-0.15, -0.1) is 0 Å². The molecule has 8 N–H and O–H groups in total. The van der Waals surface area contributed by atoms with Crippen LogP contribution in [0.2, 0.25) is 0 Å². The maximum atomic E-state index is 11.9. The number of para-hydroxylation sites is 2. The van der Waals surface area contributed by atoms with Crippen LogP contribution in [-0.2, 0) is 39.3 Å². The third-order valence-electron chi connectivity index (χ3n) is 5.22. The van der Waals surface area contributed by atoms with E-state index in [-0.39, 0.29) is 60.2 Å². The van der Waals surface area contributed by atoms with Gasteiger partial charge in [0, 0.05) is 24.2 Å². The Kier molecular flexibility index (Phi) is 14.6. The van der Waals surface area contributed by atoms with E-state index >= 15 is 0 Å². The van der Waals surface area contributed by atoms with Crippen LogP contribution in [-0.4, -0.2) is 87.7 Å². The molecule has 0 aromatic heterocycles. The molecule has 0 aliphatic rings. The Morgan fingerprint density at radius 2 is 0.972 bits per heavy atom. The zero-order chi connectivity index (χ0) is 25.5. The Bertz CT molecular complexity index is 954. The molecule has 0 heterocycles. The molecule has 15 heteroatoms. The summed E-state index contributed by atoms with van der Waals surface area (Å²) in [7, 11) is -9.39. The molecule has 204 valence electrons. The molecule has 0 aliphatic carbocycles. The van der Waals surface area contributed by atoms with Crippen molar-refractivity contribution >= 4 is 15.2 Å². The summed E-state index contributed by atoms with van der Waals surface area (Å²) in [6, 6.07) is 9.66. The van der Waals surface area contributed by atoms with Crippen LogP contribution in [0.4, 0.5) is 0 Å². The Morgan fingerprint density at radius 3 is 1.22 bits per heavy atom. The maximum absolute atomic E-state index is 11.9. The number of aliphatic hydroxyl groups excluding tert-OH is 2. The largest absolute Gasteiger partial charge is 2.00 e. The summed E-state index contributed by atoms with van der Waals surface area (Å²) in [4.78, 5) is 40.8. The second kappa shape index (κ2) is 15.2. The minimum Gasteiger partial charge on any atom is -0.508 e. The fourth-order valence-corrected chi connectivity index (χ4v) is 5.27. The third kappa shape index (κ3) is 11.0. The molecular weight excluding hydrogens is 558 g/mol. The number of aromatic hydroxyl groups is 2.